The van der Waals surface area contributed by atoms with Gasteiger partial charge in [0, 0.05) is 0 Å². The topological polar surface area (TPSA) is 32.3 Å². The Morgan fingerprint density at radius 2 is 1.50 bits per heavy atom. The van der Waals surface area contributed by atoms with E-state index in [1.54, 1.807) is 0 Å². The van der Waals surface area contributed by atoms with Crippen LogP contribution in [0.2, 0.25) is 0 Å². The van der Waals surface area contributed by atoms with E-state index >= 15 is 0 Å². The molecule has 0 amide bonds. The second-order valence-corrected chi connectivity index (χ2v) is 3.87. The molecule has 0 N–H and O–H groups in total. The molecule has 0 aliphatic rings. The Morgan fingerprint density at radius 1 is 0.833 bits per heavy atom. The molecule has 2 aromatic rings. The van der Waals surface area contributed by atoms with Crippen molar-refractivity contribution in [2.75, 3.05) is 6.61 Å². The minimum atomic E-state index is -0.0653. The molecule has 2 nitrogen and oxygen atoms in total. The van der Waals surface area contributed by atoms with E-state index < -0.39 is 0 Å². The number of benzene rings is 2. The molecule has 0 aliphatic carbocycles. The van der Waals surface area contributed by atoms with E-state index in [9.17, 15) is 5.11 Å². The molecular formula is C15H15KO2. The number of hydrogen-bond donors (Lipinski definition) is 0. The zero-order chi connectivity index (χ0) is 11.9. The van der Waals surface area contributed by atoms with Crippen LogP contribution in [0.15, 0.2) is 54.6 Å². The molecule has 2 aromatic carbocycles. The summed E-state index contributed by atoms with van der Waals surface area (Å²) in [6.07, 6.45) is 0.582. The first-order chi connectivity index (χ1) is 8.38. The van der Waals surface area contributed by atoms with Crippen LogP contribution in [-0.4, -0.2) is 6.61 Å². The predicted molar refractivity (Wildman–Crippen MR) is 65.8 cm³/mol. The van der Waals surface area contributed by atoms with Crippen molar-refractivity contribution in [3.63, 3.8) is 0 Å². The number of hydrogen-bond acceptors (Lipinski definition) is 2. The van der Waals surface area contributed by atoms with Crippen LogP contribution in [0.4, 0.5) is 0 Å². The molecule has 0 saturated heterocycles. The number of ether oxygens (including phenoxy) is 1. The van der Waals surface area contributed by atoms with Crippen LogP contribution in [0, 0.1) is 0 Å². The van der Waals surface area contributed by atoms with Crippen LogP contribution < -0.4 is 61.2 Å². The Morgan fingerprint density at radius 3 is 2.11 bits per heavy atom. The van der Waals surface area contributed by atoms with Gasteiger partial charge in [-0.3, -0.25) is 0 Å². The summed E-state index contributed by atoms with van der Waals surface area (Å²) in [6, 6.07) is 17.8. The molecule has 0 unspecified atom stereocenters. The maximum absolute atomic E-state index is 10.5. The van der Waals surface area contributed by atoms with E-state index in [-0.39, 0.29) is 58.0 Å². The minimum absolute atomic E-state index is 0. The van der Waals surface area contributed by atoms with Gasteiger partial charge in [0.15, 0.2) is 0 Å². The Labute approximate surface area is 150 Å². The summed E-state index contributed by atoms with van der Waals surface area (Å²) in [5.41, 5.74) is 2.21. The summed E-state index contributed by atoms with van der Waals surface area (Å²) in [5, 5.41) is 10.5. The van der Waals surface area contributed by atoms with Gasteiger partial charge in [0.05, 0.1) is 0 Å². The van der Waals surface area contributed by atoms with Crippen LogP contribution in [-0.2, 0) is 13.0 Å². The van der Waals surface area contributed by atoms with Gasteiger partial charge in [0.2, 0.25) is 0 Å². The zero-order valence-corrected chi connectivity index (χ0v) is 13.8. The summed E-state index contributed by atoms with van der Waals surface area (Å²) in [6.45, 7) is 0.506. The third-order valence-corrected chi connectivity index (χ3v) is 2.56. The molecule has 0 atom stereocenters. The third kappa shape index (κ3) is 5.22. The van der Waals surface area contributed by atoms with Crippen molar-refractivity contribution >= 4 is 0 Å². The van der Waals surface area contributed by atoms with E-state index in [0.717, 1.165) is 16.9 Å². The standard InChI is InChI=1S/C15H15O2.K/c16-11-10-13-6-8-15(9-7-13)17-12-14-4-2-1-3-5-14;/h1-9H,10-12H2;/q-1;+1. The minimum Gasteiger partial charge on any atom is -0.854 e. The predicted octanol–water partition coefficient (Wildman–Crippen LogP) is -0.828. The van der Waals surface area contributed by atoms with Crippen LogP contribution in [0.3, 0.4) is 0 Å². The van der Waals surface area contributed by atoms with Crippen molar-refractivity contribution in [2.45, 2.75) is 13.0 Å². The van der Waals surface area contributed by atoms with Crippen LogP contribution in [0.1, 0.15) is 11.1 Å². The van der Waals surface area contributed by atoms with Crippen molar-refractivity contribution in [1.29, 1.82) is 0 Å². The van der Waals surface area contributed by atoms with E-state index in [1.807, 2.05) is 54.6 Å². The van der Waals surface area contributed by atoms with Gasteiger partial charge in [0.25, 0.3) is 0 Å². The maximum atomic E-state index is 10.5. The molecule has 0 saturated carbocycles. The quantitative estimate of drug-likeness (QED) is 0.662. The van der Waals surface area contributed by atoms with E-state index in [4.69, 9.17) is 4.74 Å². The molecule has 2 rings (SSSR count). The van der Waals surface area contributed by atoms with Crippen molar-refractivity contribution in [2.24, 2.45) is 0 Å². The van der Waals surface area contributed by atoms with Crippen molar-refractivity contribution in [3.8, 4) is 5.75 Å². The summed E-state index contributed by atoms with van der Waals surface area (Å²) >= 11 is 0. The molecule has 0 heterocycles. The van der Waals surface area contributed by atoms with Crippen LogP contribution in [0.25, 0.3) is 0 Å². The largest absolute Gasteiger partial charge is 1.00 e. The van der Waals surface area contributed by atoms with Gasteiger partial charge < -0.3 is 9.84 Å². The Hall–Kier alpha value is -0.164. The fraction of sp³-hybridized carbons (Fsp3) is 0.200. The molecule has 0 spiro atoms. The van der Waals surface area contributed by atoms with Gasteiger partial charge in [-0.1, -0.05) is 42.5 Å². The fourth-order valence-electron chi connectivity index (χ4n) is 1.61. The van der Waals surface area contributed by atoms with Gasteiger partial charge in [-0.25, -0.2) is 0 Å². The van der Waals surface area contributed by atoms with Crippen LogP contribution >= 0.6 is 0 Å². The Balaban J connectivity index is 0.00000162. The molecule has 88 valence electrons. The molecular weight excluding hydrogens is 251 g/mol. The molecule has 0 aromatic heterocycles. The second-order valence-electron chi connectivity index (χ2n) is 3.87. The van der Waals surface area contributed by atoms with Gasteiger partial charge in [-0.2, -0.15) is 0 Å². The molecule has 0 fully saturated rings. The molecule has 3 heteroatoms. The summed E-state index contributed by atoms with van der Waals surface area (Å²) in [4.78, 5) is 0. The Kier molecular flexibility index (Phi) is 7.82. The molecule has 0 bridgehead atoms. The first-order valence-electron chi connectivity index (χ1n) is 5.72. The normalized spacial score (nSPS) is 9.61. The van der Waals surface area contributed by atoms with E-state index in [0.29, 0.717) is 13.0 Å². The summed E-state index contributed by atoms with van der Waals surface area (Å²) < 4.78 is 5.65. The zero-order valence-electron chi connectivity index (χ0n) is 10.6. The number of rotatable bonds is 5. The summed E-state index contributed by atoms with van der Waals surface area (Å²) in [7, 11) is 0. The smallest absolute Gasteiger partial charge is 0.854 e. The molecule has 0 aliphatic heterocycles. The molecule has 18 heavy (non-hydrogen) atoms. The Bertz CT molecular complexity index is 440. The van der Waals surface area contributed by atoms with Crippen LogP contribution in [0.5, 0.6) is 5.75 Å². The van der Waals surface area contributed by atoms with E-state index in [2.05, 4.69) is 0 Å². The monoisotopic (exact) mass is 266 g/mol. The third-order valence-electron chi connectivity index (χ3n) is 2.56. The first kappa shape index (κ1) is 15.9. The van der Waals surface area contributed by atoms with Gasteiger partial charge in [-0.05, 0) is 29.7 Å². The first-order valence-corrected chi connectivity index (χ1v) is 5.72. The average molecular weight is 266 g/mol. The van der Waals surface area contributed by atoms with Crippen molar-refractivity contribution in [3.05, 3.63) is 65.7 Å². The fourth-order valence-corrected chi connectivity index (χ4v) is 1.61. The van der Waals surface area contributed by atoms with Gasteiger partial charge >= 0.3 is 51.4 Å². The average Bonchev–Trinajstić information content (AvgIpc) is 2.40. The van der Waals surface area contributed by atoms with Gasteiger partial charge in [0.1, 0.15) is 12.4 Å². The maximum Gasteiger partial charge on any atom is 1.00 e. The van der Waals surface area contributed by atoms with Gasteiger partial charge in [-0.15, -0.1) is 6.61 Å². The second kappa shape index (κ2) is 8.86. The molecule has 0 radical (unpaired) electrons. The van der Waals surface area contributed by atoms with Crippen molar-refractivity contribution in [1.82, 2.24) is 0 Å². The SMILES string of the molecule is [K+].[O-]CCc1ccc(OCc2ccccc2)cc1. The summed E-state index contributed by atoms with van der Waals surface area (Å²) in [5.74, 6) is 0.837. The van der Waals surface area contributed by atoms with Crippen molar-refractivity contribution < 1.29 is 61.2 Å². The van der Waals surface area contributed by atoms with E-state index in [1.165, 1.54) is 0 Å².